The standard InChI is InChI=1S/C16H23N3O3/c1-21-9-7-13-11-22-10-8-19(13)16(20)18-15-6-5-12-3-2-4-14(12)17-15/h5-6,13H,2-4,7-11H2,1H3,(H,17,18,20). The summed E-state index contributed by atoms with van der Waals surface area (Å²) in [5.74, 6) is 0.641. The van der Waals surface area contributed by atoms with Crippen LogP contribution in [0.3, 0.4) is 0 Å². The highest BCUT2D eigenvalue weighted by Crippen LogP contribution is 2.22. The molecule has 0 radical (unpaired) electrons. The molecule has 1 N–H and O–H groups in total. The van der Waals surface area contributed by atoms with Gasteiger partial charge in [0.2, 0.25) is 0 Å². The van der Waals surface area contributed by atoms with Crippen molar-refractivity contribution < 1.29 is 14.3 Å². The van der Waals surface area contributed by atoms with Crippen LogP contribution in [0.15, 0.2) is 12.1 Å². The molecule has 2 heterocycles. The number of carbonyl (C=O) groups is 1. The second-order valence-corrected chi connectivity index (χ2v) is 5.79. The minimum atomic E-state index is -0.102. The first-order valence-corrected chi connectivity index (χ1v) is 7.91. The van der Waals surface area contributed by atoms with Crippen molar-refractivity contribution >= 4 is 11.8 Å². The third kappa shape index (κ3) is 3.39. The van der Waals surface area contributed by atoms with E-state index in [2.05, 4.69) is 16.4 Å². The van der Waals surface area contributed by atoms with Crippen LogP contribution in [0.2, 0.25) is 0 Å². The molecule has 2 aliphatic rings. The largest absolute Gasteiger partial charge is 0.385 e. The Bertz CT molecular complexity index is 535. The van der Waals surface area contributed by atoms with E-state index in [0.29, 0.717) is 32.2 Å². The summed E-state index contributed by atoms with van der Waals surface area (Å²) in [5.41, 5.74) is 2.43. The highest BCUT2D eigenvalue weighted by Gasteiger charge is 2.27. The summed E-state index contributed by atoms with van der Waals surface area (Å²) < 4.78 is 10.6. The molecule has 1 aliphatic carbocycles. The third-order valence-electron chi connectivity index (χ3n) is 4.31. The van der Waals surface area contributed by atoms with Crippen LogP contribution in [-0.4, -0.2) is 55.4 Å². The number of nitrogens with zero attached hydrogens (tertiary/aromatic N) is 2. The molecular weight excluding hydrogens is 282 g/mol. The van der Waals surface area contributed by atoms with Crippen molar-refractivity contribution in [2.75, 3.05) is 38.8 Å². The maximum atomic E-state index is 12.5. The number of pyridine rings is 1. The lowest BCUT2D eigenvalue weighted by Crippen LogP contribution is -2.50. The average Bonchev–Trinajstić information content (AvgIpc) is 3.00. The number of nitrogens with one attached hydrogen (secondary N) is 1. The number of amides is 2. The highest BCUT2D eigenvalue weighted by atomic mass is 16.5. The van der Waals surface area contributed by atoms with E-state index in [9.17, 15) is 4.79 Å². The number of rotatable bonds is 4. The Morgan fingerprint density at radius 3 is 3.27 bits per heavy atom. The number of hydrogen-bond acceptors (Lipinski definition) is 4. The van der Waals surface area contributed by atoms with Crippen LogP contribution in [-0.2, 0) is 22.3 Å². The molecule has 0 aromatic carbocycles. The predicted molar refractivity (Wildman–Crippen MR) is 83.1 cm³/mol. The van der Waals surface area contributed by atoms with Gasteiger partial charge < -0.3 is 14.4 Å². The van der Waals surface area contributed by atoms with Gasteiger partial charge in [0, 0.05) is 26.0 Å². The van der Waals surface area contributed by atoms with Crippen molar-refractivity contribution in [3.05, 3.63) is 23.4 Å². The summed E-state index contributed by atoms with van der Waals surface area (Å²) in [7, 11) is 1.67. The fraction of sp³-hybridized carbons (Fsp3) is 0.625. The average molecular weight is 305 g/mol. The zero-order valence-corrected chi connectivity index (χ0v) is 13.0. The van der Waals surface area contributed by atoms with Crippen molar-refractivity contribution in [3.63, 3.8) is 0 Å². The predicted octanol–water partition coefficient (Wildman–Crippen LogP) is 1.84. The van der Waals surface area contributed by atoms with Crippen LogP contribution in [0.5, 0.6) is 0 Å². The lowest BCUT2D eigenvalue weighted by atomic mass is 10.2. The van der Waals surface area contributed by atoms with Gasteiger partial charge in [-0.2, -0.15) is 0 Å². The Hall–Kier alpha value is -1.66. The van der Waals surface area contributed by atoms with Gasteiger partial charge in [-0.05, 0) is 37.3 Å². The number of hydrogen-bond donors (Lipinski definition) is 1. The normalized spacial score (nSPS) is 20.8. The van der Waals surface area contributed by atoms with E-state index in [-0.39, 0.29) is 12.1 Å². The van der Waals surface area contributed by atoms with E-state index in [1.54, 1.807) is 7.11 Å². The van der Waals surface area contributed by atoms with E-state index < -0.39 is 0 Å². The van der Waals surface area contributed by atoms with Crippen molar-refractivity contribution in [1.82, 2.24) is 9.88 Å². The van der Waals surface area contributed by atoms with E-state index >= 15 is 0 Å². The minimum absolute atomic E-state index is 0.0585. The Morgan fingerprint density at radius 1 is 1.50 bits per heavy atom. The summed E-state index contributed by atoms with van der Waals surface area (Å²) in [6, 6.07) is 3.93. The molecule has 2 amide bonds. The van der Waals surface area contributed by atoms with E-state index in [0.717, 1.165) is 31.4 Å². The molecule has 1 atom stereocenters. The van der Waals surface area contributed by atoms with Crippen LogP contribution >= 0.6 is 0 Å². The van der Waals surface area contributed by atoms with Crippen LogP contribution in [0.4, 0.5) is 10.6 Å². The van der Waals surface area contributed by atoms with Crippen LogP contribution < -0.4 is 5.32 Å². The SMILES string of the molecule is COCCC1COCCN1C(=O)Nc1ccc2c(n1)CCC2. The van der Waals surface area contributed by atoms with Crippen LogP contribution in [0.1, 0.15) is 24.1 Å². The van der Waals surface area contributed by atoms with E-state index in [1.165, 1.54) is 5.56 Å². The number of carbonyl (C=O) groups excluding carboxylic acids is 1. The monoisotopic (exact) mass is 305 g/mol. The van der Waals surface area contributed by atoms with Gasteiger partial charge in [-0.15, -0.1) is 0 Å². The number of anilines is 1. The van der Waals surface area contributed by atoms with Gasteiger partial charge in [0.05, 0.1) is 19.3 Å². The van der Waals surface area contributed by atoms with Gasteiger partial charge >= 0.3 is 6.03 Å². The minimum Gasteiger partial charge on any atom is -0.385 e. The quantitative estimate of drug-likeness (QED) is 0.922. The maximum Gasteiger partial charge on any atom is 0.323 e. The molecule has 1 aromatic rings. The third-order valence-corrected chi connectivity index (χ3v) is 4.31. The molecular formula is C16H23N3O3. The first kappa shape index (κ1) is 15.2. The van der Waals surface area contributed by atoms with Crippen LogP contribution in [0, 0.1) is 0 Å². The Labute approximate surface area is 130 Å². The van der Waals surface area contributed by atoms with Gasteiger partial charge in [0.25, 0.3) is 0 Å². The zero-order chi connectivity index (χ0) is 15.4. The maximum absolute atomic E-state index is 12.5. The van der Waals surface area contributed by atoms with Crippen molar-refractivity contribution in [3.8, 4) is 0 Å². The summed E-state index contributed by atoms with van der Waals surface area (Å²) >= 11 is 0. The fourth-order valence-corrected chi connectivity index (χ4v) is 3.09. The number of methoxy groups -OCH3 is 1. The number of fused-ring (bicyclic) bond motifs is 1. The molecule has 120 valence electrons. The number of morpholine rings is 1. The smallest absolute Gasteiger partial charge is 0.323 e. The topological polar surface area (TPSA) is 63.7 Å². The fourth-order valence-electron chi connectivity index (χ4n) is 3.09. The number of ether oxygens (including phenoxy) is 2. The molecule has 6 nitrogen and oxygen atoms in total. The number of aromatic nitrogens is 1. The van der Waals surface area contributed by atoms with Gasteiger partial charge in [-0.3, -0.25) is 5.32 Å². The molecule has 1 aromatic heterocycles. The van der Waals surface area contributed by atoms with Gasteiger partial charge in [0.15, 0.2) is 0 Å². The van der Waals surface area contributed by atoms with Crippen molar-refractivity contribution in [2.24, 2.45) is 0 Å². The lowest BCUT2D eigenvalue weighted by Gasteiger charge is -2.35. The number of urea groups is 1. The Morgan fingerprint density at radius 2 is 2.41 bits per heavy atom. The summed E-state index contributed by atoms with van der Waals surface area (Å²) in [6.45, 7) is 2.36. The first-order valence-electron chi connectivity index (χ1n) is 7.91. The molecule has 0 saturated carbocycles. The van der Waals surface area contributed by atoms with Gasteiger partial charge in [0.1, 0.15) is 5.82 Å². The highest BCUT2D eigenvalue weighted by molar-refractivity contribution is 5.88. The second kappa shape index (κ2) is 7.07. The Balaban J connectivity index is 1.64. The lowest BCUT2D eigenvalue weighted by molar-refractivity contribution is 0.00448. The van der Waals surface area contributed by atoms with Gasteiger partial charge in [-0.1, -0.05) is 6.07 Å². The van der Waals surface area contributed by atoms with E-state index in [1.807, 2.05) is 11.0 Å². The molecule has 6 heteroatoms. The summed E-state index contributed by atoms with van der Waals surface area (Å²) in [6.07, 6.45) is 4.04. The molecule has 1 aliphatic heterocycles. The molecule has 1 fully saturated rings. The van der Waals surface area contributed by atoms with Crippen LogP contribution in [0.25, 0.3) is 0 Å². The number of aryl methyl sites for hydroxylation is 2. The Kier molecular flexibility index (Phi) is 4.90. The molecule has 1 unspecified atom stereocenters. The van der Waals surface area contributed by atoms with Crippen molar-refractivity contribution in [2.45, 2.75) is 31.7 Å². The zero-order valence-electron chi connectivity index (χ0n) is 13.0. The summed E-state index contributed by atoms with van der Waals surface area (Å²) in [4.78, 5) is 18.9. The molecule has 3 rings (SSSR count). The molecule has 1 saturated heterocycles. The molecule has 0 bridgehead atoms. The second-order valence-electron chi connectivity index (χ2n) is 5.79. The molecule has 0 spiro atoms. The van der Waals surface area contributed by atoms with E-state index in [4.69, 9.17) is 9.47 Å². The van der Waals surface area contributed by atoms with Gasteiger partial charge in [-0.25, -0.2) is 9.78 Å². The van der Waals surface area contributed by atoms with Crippen molar-refractivity contribution in [1.29, 1.82) is 0 Å². The molecule has 22 heavy (non-hydrogen) atoms. The first-order chi connectivity index (χ1) is 10.8. The summed E-state index contributed by atoms with van der Waals surface area (Å²) in [5, 5.41) is 2.93.